The van der Waals surface area contributed by atoms with Gasteiger partial charge < -0.3 is 4.98 Å². The highest BCUT2D eigenvalue weighted by atomic mass is 32.1. The monoisotopic (exact) mass is 299 g/mol. The van der Waals surface area contributed by atoms with Gasteiger partial charge in [0.25, 0.3) is 0 Å². The van der Waals surface area contributed by atoms with Crippen LogP contribution in [0.4, 0.5) is 0 Å². The molecule has 3 nitrogen and oxygen atoms in total. The minimum Gasteiger partial charge on any atom is -0.353 e. The van der Waals surface area contributed by atoms with Crippen LogP contribution in [-0.2, 0) is 0 Å². The molecule has 2 aromatic heterocycles. The van der Waals surface area contributed by atoms with E-state index >= 15 is 0 Å². The molecule has 0 aliphatic carbocycles. The van der Waals surface area contributed by atoms with Gasteiger partial charge in [0, 0.05) is 21.0 Å². The van der Waals surface area contributed by atoms with Crippen molar-refractivity contribution in [2.75, 3.05) is 0 Å². The van der Waals surface area contributed by atoms with Crippen LogP contribution in [0.25, 0.3) is 37.3 Å². The number of nitriles is 2. The van der Waals surface area contributed by atoms with E-state index in [0.29, 0.717) is 0 Å². The average Bonchev–Trinajstić information content (AvgIpc) is 3.08. The molecule has 1 N–H and O–H groups in total. The molecule has 0 amide bonds. The molecule has 4 aromatic rings. The third-order valence-corrected chi connectivity index (χ3v) is 4.90. The largest absolute Gasteiger partial charge is 0.353 e. The number of allylic oxidation sites excluding steroid dienone is 1. The van der Waals surface area contributed by atoms with Crippen molar-refractivity contribution in [2.24, 2.45) is 0 Å². The third kappa shape index (κ3) is 1.79. The van der Waals surface area contributed by atoms with Crippen LogP contribution >= 0.6 is 11.3 Å². The second-order valence-corrected chi connectivity index (χ2v) is 6.07. The maximum Gasteiger partial charge on any atom is 0.130 e. The topological polar surface area (TPSA) is 63.4 Å². The van der Waals surface area contributed by atoms with Crippen molar-refractivity contribution < 1.29 is 0 Å². The van der Waals surface area contributed by atoms with E-state index in [2.05, 4.69) is 17.1 Å². The number of thiophene rings is 1. The molecule has 2 aromatic carbocycles. The summed E-state index contributed by atoms with van der Waals surface area (Å²) in [7, 11) is 0. The number of aromatic nitrogens is 1. The number of hydrogen-bond donors (Lipinski definition) is 1. The van der Waals surface area contributed by atoms with E-state index in [4.69, 9.17) is 10.5 Å². The van der Waals surface area contributed by atoms with Crippen LogP contribution in [0.5, 0.6) is 0 Å². The van der Waals surface area contributed by atoms with Crippen molar-refractivity contribution in [3.05, 3.63) is 53.6 Å². The van der Waals surface area contributed by atoms with Crippen molar-refractivity contribution in [1.82, 2.24) is 4.98 Å². The van der Waals surface area contributed by atoms with Gasteiger partial charge in [0.1, 0.15) is 17.7 Å². The van der Waals surface area contributed by atoms with Crippen LogP contribution in [0.2, 0.25) is 0 Å². The quantitative estimate of drug-likeness (QED) is 0.504. The highest BCUT2D eigenvalue weighted by Crippen LogP contribution is 2.38. The summed E-state index contributed by atoms with van der Waals surface area (Å²) in [6.45, 7) is 0. The van der Waals surface area contributed by atoms with Gasteiger partial charge in [-0.2, -0.15) is 10.5 Å². The van der Waals surface area contributed by atoms with Gasteiger partial charge >= 0.3 is 0 Å². The van der Waals surface area contributed by atoms with E-state index in [9.17, 15) is 0 Å². The highest BCUT2D eigenvalue weighted by molar-refractivity contribution is 7.26. The third-order valence-electron chi connectivity index (χ3n) is 3.70. The van der Waals surface area contributed by atoms with E-state index in [1.165, 1.54) is 20.2 Å². The number of H-pyrrole nitrogens is 1. The molecule has 0 saturated heterocycles. The fourth-order valence-electron chi connectivity index (χ4n) is 2.70. The molecule has 0 aliphatic heterocycles. The standard InChI is InChI=1S/C18H9N3S/c19-9-12(10-20)7-11-5-6-13-15(8-11)21-17-14-3-1-2-4-16(14)22-18(13)17/h1-8,21H. The number of hydrogen-bond acceptors (Lipinski definition) is 3. The molecule has 0 aliphatic rings. The molecule has 2 heterocycles. The molecule has 102 valence electrons. The van der Waals surface area contributed by atoms with Gasteiger partial charge in [0.05, 0.1) is 10.2 Å². The number of benzene rings is 2. The smallest absolute Gasteiger partial charge is 0.130 e. The molecule has 0 atom stereocenters. The number of nitrogens with one attached hydrogen (secondary N) is 1. The van der Waals surface area contributed by atoms with Crippen molar-refractivity contribution in [3.63, 3.8) is 0 Å². The van der Waals surface area contributed by atoms with Gasteiger partial charge in [0.15, 0.2) is 0 Å². The van der Waals surface area contributed by atoms with E-state index in [-0.39, 0.29) is 5.57 Å². The Hall–Kier alpha value is -3.08. The lowest BCUT2D eigenvalue weighted by Gasteiger charge is -1.95. The Labute approximate surface area is 130 Å². The van der Waals surface area contributed by atoms with E-state index in [1.807, 2.05) is 42.5 Å². The van der Waals surface area contributed by atoms with Crippen molar-refractivity contribution in [1.29, 1.82) is 10.5 Å². The normalized spacial score (nSPS) is 10.6. The van der Waals surface area contributed by atoms with Crippen molar-refractivity contribution in [3.8, 4) is 12.1 Å². The zero-order valence-electron chi connectivity index (χ0n) is 11.4. The van der Waals surface area contributed by atoms with Crippen LogP contribution in [-0.4, -0.2) is 4.98 Å². The van der Waals surface area contributed by atoms with E-state index in [0.717, 1.165) is 16.6 Å². The van der Waals surface area contributed by atoms with Gasteiger partial charge in [-0.25, -0.2) is 0 Å². The molecular formula is C18H9N3S. The Morgan fingerprint density at radius 2 is 1.86 bits per heavy atom. The lowest BCUT2D eigenvalue weighted by Crippen LogP contribution is -1.77. The summed E-state index contributed by atoms with van der Waals surface area (Å²) < 4.78 is 2.51. The van der Waals surface area contributed by atoms with Gasteiger partial charge in [-0.3, -0.25) is 0 Å². The lowest BCUT2D eigenvalue weighted by atomic mass is 10.1. The van der Waals surface area contributed by atoms with Gasteiger partial charge in [-0.05, 0) is 23.8 Å². The molecule has 0 saturated carbocycles. The first kappa shape index (κ1) is 12.6. The fourth-order valence-corrected chi connectivity index (χ4v) is 3.90. The Kier molecular flexibility index (Phi) is 2.72. The first-order valence-corrected chi connectivity index (χ1v) is 7.56. The molecular weight excluding hydrogens is 290 g/mol. The molecule has 22 heavy (non-hydrogen) atoms. The molecule has 0 bridgehead atoms. The lowest BCUT2D eigenvalue weighted by molar-refractivity contribution is 1.47. The zero-order valence-corrected chi connectivity index (χ0v) is 12.2. The number of aromatic amines is 1. The maximum atomic E-state index is 8.85. The van der Waals surface area contributed by atoms with Crippen LogP contribution < -0.4 is 0 Å². The predicted octanol–water partition coefficient (Wildman–Crippen LogP) is 4.97. The minimum absolute atomic E-state index is 0.109. The molecule has 0 radical (unpaired) electrons. The minimum atomic E-state index is 0.109. The summed E-state index contributed by atoms with van der Waals surface area (Å²) in [6.07, 6.45) is 1.60. The van der Waals surface area contributed by atoms with Crippen LogP contribution in [0.1, 0.15) is 5.56 Å². The first-order chi connectivity index (χ1) is 10.8. The van der Waals surface area contributed by atoms with Gasteiger partial charge in [-0.15, -0.1) is 11.3 Å². The summed E-state index contributed by atoms with van der Waals surface area (Å²) in [5.74, 6) is 0. The number of fused-ring (bicyclic) bond motifs is 5. The maximum absolute atomic E-state index is 8.85. The Balaban J connectivity index is 1.99. The Morgan fingerprint density at radius 3 is 2.68 bits per heavy atom. The second kappa shape index (κ2) is 4.73. The molecule has 4 heteroatoms. The predicted molar refractivity (Wildman–Crippen MR) is 90.4 cm³/mol. The Bertz CT molecular complexity index is 1130. The van der Waals surface area contributed by atoms with E-state index in [1.54, 1.807) is 17.4 Å². The molecule has 0 spiro atoms. The average molecular weight is 299 g/mol. The van der Waals surface area contributed by atoms with Crippen molar-refractivity contribution >= 4 is 48.6 Å². The summed E-state index contributed by atoms with van der Waals surface area (Å²) in [5, 5.41) is 20.1. The van der Waals surface area contributed by atoms with Crippen LogP contribution in [0.15, 0.2) is 48.0 Å². The summed E-state index contributed by atoms with van der Waals surface area (Å²) in [4.78, 5) is 3.47. The van der Waals surface area contributed by atoms with Gasteiger partial charge in [0.2, 0.25) is 0 Å². The molecule has 0 unspecified atom stereocenters. The molecule has 0 fully saturated rings. The van der Waals surface area contributed by atoms with Crippen LogP contribution in [0.3, 0.4) is 0 Å². The number of rotatable bonds is 1. The SMILES string of the molecule is N#CC(C#N)=Cc1ccc2c(c1)[nH]c1c3ccccc3sc21. The highest BCUT2D eigenvalue weighted by Gasteiger charge is 2.11. The van der Waals surface area contributed by atoms with E-state index < -0.39 is 0 Å². The number of nitrogens with zero attached hydrogens (tertiary/aromatic N) is 2. The Morgan fingerprint density at radius 1 is 1.05 bits per heavy atom. The first-order valence-electron chi connectivity index (χ1n) is 6.75. The van der Waals surface area contributed by atoms with Crippen LogP contribution in [0, 0.1) is 22.7 Å². The molecule has 4 rings (SSSR count). The second-order valence-electron chi connectivity index (χ2n) is 5.01. The zero-order chi connectivity index (χ0) is 15.1. The summed E-state index contributed by atoms with van der Waals surface area (Å²) in [5.41, 5.74) is 3.13. The summed E-state index contributed by atoms with van der Waals surface area (Å²) >= 11 is 1.78. The summed E-state index contributed by atoms with van der Waals surface area (Å²) in [6, 6.07) is 18.1. The van der Waals surface area contributed by atoms with Crippen molar-refractivity contribution in [2.45, 2.75) is 0 Å². The fraction of sp³-hybridized carbons (Fsp3) is 0. The van der Waals surface area contributed by atoms with Gasteiger partial charge in [-0.1, -0.05) is 30.3 Å².